The molecule has 1 heterocycles. The zero-order chi connectivity index (χ0) is 22.8. The van der Waals surface area contributed by atoms with E-state index >= 15 is 0 Å². The van der Waals surface area contributed by atoms with E-state index in [0.717, 1.165) is 22.4 Å². The number of anilines is 2. The fourth-order valence-corrected chi connectivity index (χ4v) is 3.77. The van der Waals surface area contributed by atoms with Crippen molar-refractivity contribution >= 4 is 28.8 Å². The molecule has 0 saturated carbocycles. The van der Waals surface area contributed by atoms with Crippen molar-refractivity contribution in [2.24, 2.45) is 0 Å². The minimum atomic E-state index is -0.389. The lowest BCUT2D eigenvalue weighted by Gasteiger charge is -2.17. The molecule has 5 heteroatoms. The first kappa shape index (κ1) is 21.4. The van der Waals surface area contributed by atoms with Gasteiger partial charge in [0, 0.05) is 11.8 Å². The number of aryl methyl sites for hydroxylation is 2. The molecule has 0 fully saturated rings. The number of ether oxygens (including phenoxy) is 1. The van der Waals surface area contributed by atoms with Gasteiger partial charge in [0.15, 0.2) is 0 Å². The molecule has 2 amide bonds. The van der Waals surface area contributed by atoms with Gasteiger partial charge < -0.3 is 10.1 Å². The van der Waals surface area contributed by atoms with Crippen molar-refractivity contribution < 1.29 is 14.3 Å². The fraction of sp³-hybridized carbons (Fsp3) is 0.185. The Balaban J connectivity index is 1.82. The number of amides is 2. The van der Waals surface area contributed by atoms with Gasteiger partial charge in [-0.1, -0.05) is 48.0 Å². The van der Waals surface area contributed by atoms with E-state index in [1.165, 1.54) is 4.90 Å². The van der Waals surface area contributed by atoms with Gasteiger partial charge in [-0.05, 0) is 62.6 Å². The second-order valence-electron chi connectivity index (χ2n) is 7.86. The number of rotatable bonds is 6. The lowest BCUT2D eigenvalue weighted by atomic mass is 10.0. The van der Waals surface area contributed by atoms with Crippen LogP contribution in [0.1, 0.15) is 29.2 Å². The van der Waals surface area contributed by atoms with Gasteiger partial charge in [0.05, 0.1) is 17.9 Å². The molecule has 0 aliphatic carbocycles. The summed E-state index contributed by atoms with van der Waals surface area (Å²) in [6, 6.07) is 20.5. The first-order valence-corrected chi connectivity index (χ1v) is 10.7. The smallest absolute Gasteiger partial charge is 0.282 e. The van der Waals surface area contributed by atoms with Gasteiger partial charge in [-0.25, -0.2) is 4.90 Å². The van der Waals surface area contributed by atoms with Crippen LogP contribution in [0.15, 0.2) is 72.4 Å². The first-order chi connectivity index (χ1) is 15.4. The predicted octanol–water partition coefficient (Wildman–Crippen LogP) is 5.41. The normalized spacial score (nSPS) is 13.7. The number of hydrogen-bond acceptors (Lipinski definition) is 4. The minimum Gasteiger partial charge on any atom is -0.494 e. The highest BCUT2D eigenvalue weighted by Gasteiger charge is 2.40. The third-order valence-corrected chi connectivity index (χ3v) is 5.68. The zero-order valence-electron chi connectivity index (χ0n) is 18.7. The maximum Gasteiger partial charge on any atom is 0.282 e. The van der Waals surface area contributed by atoms with Crippen LogP contribution in [0.2, 0.25) is 0 Å². The molecule has 1 N–H and O–H groups in total. The van der Waals surface area contributed by atoms with Crippen LogP contribution in [0.5, 0.6) is 5.75 Å². The van der Waals surface area contributed by atoms with Gasteiger partial charge in [0.2, 0.25) is 0 Å². The van der Waals surface area contributed by atoms with Crippen molar-refractivity contribution in [1.29, 1.82) is 0 Å². The van der Waals surface area contributed by atoms with Gasteiger partial charge in [0.25, 0.3) is 11.8 Å². The van der Waals surface area contributed by atoms with Gasteiger partial charge in [-0.2, -0.15) is 0 Å². The van der Waals surface area contributed by atoms with E-state index in [1.54, 1.807) is 18.2 Å². The zero-order valence-corrected chi connectivity index (χ0v) is 18.7. The lowest BCUT2D eigenvalue weighted by Crippen LogP contribution is -2.32. The minimum absolute atomic E-state index is 0.273. The van der Waals surface area contributed by atoms with E-state index in [4.69, 9.17) is 4.74 Å². The van der Waals surface area contributed by atoms with Gasteiger partial charge in [-0.15, -0.1) is 0 Å². The lowest BCUT2D eigenvalue weighted by molar-refractivity contribution is -0.120. The summed E-state index contributed by atoms with van der Waals surface area (Å²) < 4.78 is 5.57. The predicted molar refractivity (Wildman–Crippen MR) is 128 cm³/mol. The number of carbonyl (C=O) groups is 2. The average molecular weight is 427 g/mol. The number of imide groups is 1. The fourth-order valence-electron chi connectivity index (χ4n) is 3.77. The summed E-state index contributed by atoms with van der Waals surface area (Å²) in [6.07, 6.45) is 0. The van der Waals surface area contributed by atoms with E-state index in [9.17, 15) is 9.59 Å². The molecule has 0 aromatic heterocycles. The molecule has 1 aliphatic rings. The highest BCUT2D eigenvalue weighted by atomic mass is 16.5. The van der Waals surface area contributed by atoms with Crippen LogP contribution >= 0.6 is 0 Å². The van der Waals surface area contributed by atoms with Crippen molar-refractivity contribution in [3.63, 3.8) is 0 Å². The number of nitrogens with zero attached hydrogens (tertiary/aromatic N) is 1. The molecule has 32 heavy (non-hydrogen) atoms. The summed E-state index contributed by atoms with van der Waals surface area (Å²) in [6.45, 7) is 8.39. The Labute approximate surface area is 188 Å². The third kappa shape index (κ3) is 3.89. The number of benzene rings is 3. The summed E-state index contributed by atoms with van der Waals surface area (Å²) >= 11 is 0. The van der Waals surface area contributed by atoms with Crippen LogP contribution in [-0.2, 0) is 9.59 Å². The van der Waals surface area contributed by atoms with Crippen LogP contribution < -0.4 is 15.0 Å². The third-order valence-electron chi connectivity index (χ3n) is 5.68. The molecular weight excluding hydrogens is 400 g/mol. The molecule has 4 rings (SSSR count). The summed E-state index contributed by atoms with van der Waals surface area (Å²) in [7, 11) is 0. The average Bonchev–Trinajstić information content (AvgIpc) is 3.02. The van der Waals surface area contributed by atoms with Crippen molar-refractivity contribution in [3.05, 3.63) is 94.7 Å². The van der Waals surface area contributed by atoms with Gasteiger partial charge in [0.1, 0.15) is 11.4 Å². The van der Waals surface area contributed by atoms with E-state index < -0.39 is 0 Å². The first-order valence-electron chi connectivity index (χ1n) is 10.7. The Morgan fingerprint density at radius 3 is 2.31 bits per heavy atom. The molecule has 0 spiro atoms. The monoisotopic (exact) mass is 426 g/mol. The Bertz CT molecular complexity index is 1230. The van der Waals surface area contributed by atoms with E-state index in [2.05, 4.69) is 5.32 Å². The summed E-state index contributed by atoms with van der Waals surface area (Å²) in [5.41, 5.74) is 5.82. The van der Waals surface area contributed by atoms with Gasteiger partial charge in [-0.3, -0.25) is 9.59 Å². The molecule has 1 aliphatic heterocycles. The quantitative estimate of drug-likeness (QED) is 0.536. The second kappa shape index (κ2) is 8.71. The van der Waals surface area contributed by atoms with E-state index in [1.807, 2.05) is 76.2 Å². The second-order valence-corrected chi connectivity index (χ2v) is 7.86. The van der Waals surface area contributed by atoms with Crippen LogP contribution in [-0.4, -0.2) is 18.4 Å². The van der Waals surface area contributed by atoms with Gasteiger partial charge >= 0.3 is 0 Å². The standard InChI is InChI=1S/C27H26N2O3/c1-5-32-22-10-7-9-21(16-22)29-26(30)24(20-14-12-17(2)13-15-20)25(27(29)31)28-23-11-6-8-18(3)19(23)4/h6-16,28H,5H2,1-4H3. The number of hydrogen-bond donors (Lipinski definition) is 1. The Kier molecular flexibility index (Phi) is 5.82. The number of carbonyl (C=O) groups excluding carboxylic acids is 2. The molecule has 5 nitrogen and oxygen atoms in total. The van der Waals surface area contributed by atoms with Crippen LogP contribution in [0.3, 0.4) is 0 Å². The molecule has 0 saturated heterocycles. The highest BCUT2D eigenvalue weighted by molar-refractivity contribution is 6.46. The highest BCUT2D eigenvalue weighted by Crippen LogP contribution is 2.35. The van der Waals surface area contributed by atoms with Crippen molar-refractivity contribution in [3.8, 4) is 5.75 Å². The van der Waals surface area contributed by atoms with Crippen molar-refractivity contribution in [1.82, 2.24) is 0 Å². The SMILES string of the molecule is CCOc1cccc(N2C(=O)C(Nc3cccc(C)c3C)=C(c3ccc(C)cc3)C2=O)c1. The summed E-state index contributed by atoms with van der Waals surface area (Å²) in [5.74, 6) is -0.140. The maximum atomic E-state index is 13.6. The van der Waals surface area contributed by atoms with E-state index in [-0.39, 0.29) is 17.5 Å². The van der Waals surface area contributed by atoms with Crippen LogP contribution in [0, 0.1) is 20.8 Å². The molecule has 3 aromatic rings. The van der Waals surface area contributed by atoms with Crippen molar-refractivity contribution in [2.75, 3.05) is 16.8 Å². The summed E-state index contributed by atoms with van der Waals surface area (Å²) in [5, 5.41) is 3.27. The van der Waals surface area contributed by atoms with E-state index in [0.29, 0.717) is 29.2 Å². The summed E-state index contributed by atoms with van der Waals surface area (Å²) in [4.78, 5) is 28.4. The van der Waals surface area contributed by atoms with Crippen LogP contribution in [0.25, 0.3) is 5.57 Å². The number of nitrogens with one attached hydrogen (secondary N) is 1. The molecule has 0 radical (unpaired) electrons. The molecule has 3 aromatic carbocycles. The Morgan fingerprint density at radius 2 is 1.59 bits per heavy atom. The van der Waals surface area contributed by atoms with Crippen molar-refractivity contribution in [2.45, 2.75) is 27.7 Å². The molecular formula is C27H26N2O3. The van der Waals surface area contributed by atoms with Crippen LogP contribution in [0.4, 0.5) is 11.4 Å². The molecule has 0 atom stereocenters. The maximum absolute atomic E-state index is 13.6. The Morgan fingerprint density at radius 1 is 0.875 bits per heavy atom. The molecule has 162 valence electrons. The Hall–Kier alpha value is -3.86. The largest absolute Gasteiger partial charge is 0.494 e. The topological polar surface area (TPSA) is 58.6 Å². The molecule has 0 bridgehead atoms. The molecule has 0 unspecified atom stereocenters.